The van der Waals surface area contributed by atoms with Gasteiger partial charge in [0, 0.05) is 5.70 Å². The maximum atomic E-state index is 11.8. The van der Waals surface area contributed by atoms with Crippen LogP contribution in [-0.2, 0) is 0 Å². The second-order valence-corrected chi connectivity index (χ2v) is 4.43. The average molecular weight is 250 g/mol. The van der Waals surface area contributed by atoms with Crippen LogP contribution in [0.4, 0.5) is 4.79 Å². The van der Waals surface area contributed by atoms with Gasteiger partial charge < -0.3 is 10.6 Å². The van der Waals surface area contributed by atoms with E-state index in [1.54, 1.807) is 0 Å². The minimum atomic E-state index is -0.171. The van der Waals surface area contributed by atoms with Gasteiger partial charge in [0.1, 0.15) is 0 Å². The lowest BCUT2D eigenvalue weighted by Crippen LogP contribution is -2.40. The van der Waals surface area contributed by atoms with Gasteiger partial charge in [-0.05, 0) is 17.2 Å². The molecule has 1 aliphatic heterocycles. The van der Waals surface area contributed by atoms with Crippen molar-refractivity contribution < 1.29 is 4.79 Å². The Morgan fingerprint density at radius 3 is 2.16 bits per heavy atom. The SMILES string of the molecule is O=C1NC(c2ccccc2)=CC(c2ccccc2)N1. The first kappa shape index (κ1) is 11.5. The minimum absolute atomic E-state index is 0.0924. The van der Waals surface area contributed by atoms with Crippen molar-refractivity contribution in [2.24, 2.45) is 0 Å². The largest absolute Gasteiger partial charge is 0.327 e. The van der Waals surface area contributed by atoms with E-state index in [-0.39, 0.29) is 12.1 Å². The van der Waals surface area contributed by atoms with E-state index in [0.29, 0.717) is 0 Å². The molecule has 2 aromatic carbocycles. The fourth-order valence-electron chi connectivity index (χ4n) is 2.18. The molecule has 3 nitrogen and oxygen atoms in total. The highest BCUT2D eigenvalue weighted by atomic mass is 16.2. The third kappa shape index (κ3) is 2.50. The number of hydrogen-bond donors (Lipinski definition) is 2. The smallest absolute Gasteiger partial charge is 0.319 e. The van der Waals surface area contributed by atoms with Gasteiger partial charge in [0.25, 0.3) is 0 Å². The van der Waals surface area contributed by atoms with Gasteiger partial charge in [-0.15, -0.1) is 0 Å². The molecular formula is C16H14N2O. The van der Waals surface area contributed by atoms with E-state index in [9.17, 15) is 4.79 Å². The highest BCUT2D eigenvalue weighted by molar-refractivity contribution is 5.88. The molecule has 0 aromatic heterocycles. The molecule has 19 heavy (non-hydrogen) atoms. The molecule has 2 amide bonds. The minimum Gasteiger partial charge on any atom is -0.327 e. The monoisotopic (exact) mass is 250 g/mol. The molecule has 0 saturated heterocycles. The van der Waals surface area contributed by atoms with Gasteiger partial charge in [0.2, 0.25) is 0 Å². The molecule has 1 atom stereocenters. The van der Waals surface area contributed by atoms with Gasteiger partial charge in [-0.1, -0.05) is 60.7 Å². The van der Waals surface area contributed by atoms with Crippen LogP contribution in [0.15, 0.2) is 66.7 Å². The Morgan fingerprint density at radius 1 is 0.842 bits per heavy atom. The molecule has 0 fully saturated rings. The van der Waals surface area contributed by atoms with Crippen LogP contribution >= 0.6 is 0 Å². The Balaban J connectivity index is 1.97. The van der Waals surface area contributed by atoms with Crippen molar-refractivity contribution in [2.45, 2.75) is 6.04 Å². The maximum absolute atomic E-state index is 11.8. The molecule has 0 saturated carbocycles. The van der Waals surface area contributed by atoms with E-state index in [2.05, 4.69) is 10.6 Å². The highest BCUT2D eigenvalue weighted by Crippen LogP contribution is 2.22. The predicted molar refractivity (Wildman–Crippen MR) is 75.3 cm³/mol. The van der Waals surface area contributed by atoms with Crippen LogP contribution in [0.25, 0.3) is 5.70 Å². The van der Waals surface area contributed by atoms with Crippen LogP contribution in [0.3, 0.4) is 0 Å². The van der Waals surface area contributed by atoms with Crippen LogP contribution in [0, 0.1) is 0 Å². The van der Waals surface area contributed by atoms with Crippen molar-refractivity contribution in [2.75, 3.05) is 0 Å². The summed E-state index contributed by atoms with van der Waals surface area (Å²) in [4.78, 5) is 11.8. The molecule has 94 valence electrons. The van der Waals surface area contributed by atoms with E-state index < -0.39 is 0 Å². The quantitative estimate of drug-likeness (QED) is 0.845. The molecule has 2 N–H and O–H groups in total. The Morgan fingerprint density at radius 2 is 1.47 bits per heavy atom. The van der Waals surface area contributed by atoms with Gasteiger partial charge >= 0.3 is 6.03 Å². The normalized spacial score (nSPS) is 18.2. The van der Waals surface area contributed by atoms with Gasteiger partial charge in [0.15, 0.2) is 0 Å². The molecule has 3 rings (SSSR count). The lowest BCUT2D eigenvalue weighted by atomic mass is 10.0. The molecule has 0 aliphatic carbocycles. The molecule has 1 heterocycles. The second kappa shape index (κ2) is 4.98. The standard InChI is InChI=1S/C16H14N2O/c19-16-17-14(12-7-3-1-4-8-12)11-15(18-16)13-9-5-2-6-10-13/h1-11,14H,(H2,17,18,19). The fourth-order valence-corrected chi connectivity index (χ4v) is 2.18. The maximum Gasteiger partial charge on any atom is 0.319 e. The van der Waals surface area contributed by atoms with Crippen LogP contribution in [0.2, 0.25) is 0 Å². The number of amides is 2. The summed E-state index contributed by atoms with van der Waals surface area (Å²) in [5.74, 6) is 0. The lowest BCUT2D eigenvalue weighted by molar-refractivity contribution is 0.241. The number of urea groups is 1. The van der Waals surface area contributed by atoms with Crippen molar-refractivity contribution in [1.29, 1.82) is 0 Å². The third-order valence-corrected chi connectivity index (χ3v) is 3.11. The summed E-state index contributed by atoms with van der Waals surface area (Å²) in [5, 5.41) is 5.75. The highest BCUT2D eigenvalue weighted by Gasteiger charge is 2.19. The van der Waals surface area contributed by atoms with Crippen LogP contribution in [0.5, 0.6) is 0 Å². The Kier molecular flexibility index (Phi) is 3.02. The summed E-state index contributed by atoms with van der Waals surface area (Å²) in [6, 6.07) is 19.5. The molecule has 2 aromatic rings. The van der Waals surface area contributed by atoms with E-state index in [4.69, 9.17) is 0 Å². The summed E-state index contributed by atoms with van der Waals surface area (Å²) in [5.41, 5.74) is 2.93. The van der Waals surface area contributed by atoms with Crippen molar-refractivity contribution in [3.05, 3.63) is 77.9 Å². The molecule has 3 heteroatoms. The zero-order valence-electron chi connectivity index (χ0n) is 10.3. The van der Waals surface area contributed by atoms with Crippen molar-refractivity contribution in [3.63, 3.8) is 0 Å². The zero-order valence-corrected chi connectivity index (χ0v) is 10.3. The molecule has 0 bridgehead atoms. The van der Waals surface area contributed by atoms with E-state index in [1.807, 2.05) is 66.7 Å². The van der Waals surface area contributed by atoms with Gasteiger partial charge in [0.05, 0.1) is 6.04 Å². The third-order valence-electron chi connectivity index (χ3n) is 3.11. The lowest BCUT2D eigenvalue weighted by Gasteiger charge is -2.24. The summed E-state index contributed by atoms with van der Waals surface area (Å²) in [6.07, 6.45) is 2.03. The van der Waals surface area contributed by atoms with Crippen molar-refractivity contribution in [1.82, 2.24) is 10.6 Å². The van der Waals surface area contributed by atoms with Crippen LogP contribution in [0.1, 0.15) is 17.2 Å². The van der Waals surface area contributed by atoms with E-state index in [0.717, 1.165) is 16.8 Å². The average Bonchev–Trinajstić information content (AvgIpc) is 2.48. The first-order chi connectivity index (χ1) is 9.33. The van der Waals surface area contributed by atoms with Gasteiger partial charge in [-0.25, -0.2) is 4.79 Å². The van der Waals surface area contributed by atoms with Crippen LogP contribution < -0.4 is 10.6 Å². The molecular weight excluding hydrogens is 236 g/mol. The summed E-state index contributed by atoms with van der Waals surface area (Å²) >= 11 is 0. The molecule has 1 unspecified atom stereocenters. The van der Waals surface area contributed by atoms with Crippen molar-refractivity contribution in [3.8, 4) is 0 Å². The topological polar surface area (TPSA) is 41.1 Å². The Labute approximate surface area is 112 Å². The molecule has 0 spiro atoms. The Bertz CT molecular complexity index is 605. The second-order valence-electron chi connectivity index (χ2n) is 4.43. The first-order valence-electron chi connectivity index (χ1n) is 6.22. The number of carbonyl (C=O) groups excluding carboxylic acids is 1. The fraction of sp³-hybridized carbons (Fsp3) is 0.0625. The number of rotatable bonds is 2. The number of hydrogen-bond acceptors (Lipinski definition) is 1. The first-order valence-corrected chi connectivity index (χ1v) is 6.22. The van der Waals surface area contributed by atoms with Crippen molar-refractivity contribution >= 4 is 11.7 Å². The Hall–Kier alpha value is -2.55. The molecule has 1 aliphatic rings. The zero-order chi connectivity index (χ0) is 13.1. The van der Waals surface area contributed by atoms with E-state index in [1.165, 1.54) is 0 Å². The van der Waals surface area contributed by atoms with E-state index >= 15 is 0 Å². The number of benzene rings is 2. The van der Waals surface area contributed by atoms with Gasteiger partial charge in [-0.3, -0.25) is 0 Å². The molecule has 0 radical (unpaired) electrons. The summed E-state index contributed by atoms with van der Waals surface area (Å²) in [6.45, 7) is 0. The van der Waals surface area contributed by atoms with Crippen LogP contribution in [-0.4, -0.2) is 6.03 Å². The predicted octanol–water partition coefficient (Wildman–Crippen LogP) is 3.08. The number of nitrogens with one attached hydrogen (secondary N) is 2. The summed E-state index contributed by atoms with van der Waals surface area (Å²) < 4.78 is 0. The van der Waals surface area contributed by atoms with Gasteiger partial charge in [-0.2, -0.15) is 0 Å². The number of carbonyl (C=O) groups is 1. The summed E-state index contributed by atoms with van der Waals surface area (Å²) in [7, 11) is 0.